The number of halogens is 1. The largest absolute Gasteiger partial charge is 0.352 e. The molecule has 0 fully saturated rings. The van der Waals surface area contributed by atoms with Gasteiger partial charge in [-0.15, -0.1) is 12.4 Å². The van der Waals surface area contributed by atoms with Crippen molar-refractivity contribution in [2.24, 2.45) is 5.73 Å². The van der Waals surface area contributed by atoms with Gasteiger partial charge in [0, 0.05) is 0 Å². The van der Waals surface area contributed by atoms with Gasteiger partial charge in [0.1, 0.15) is 0 Å². The zero-order chi connectivity index (χ0) is 9.97. The molecule has 1 aromatic rings. The van der Waals surface area contributed by atoms with Crippen LogP contribution in [0.3, 0.4) is 0 Å². The molecular weight excluding hydrogens is 212 g/mol. The molecule has 0 bridgehead atoms. The molecule has 3 N–H and O–H groups in total. The molecule has 0 spiro atoms. The van der Waals surface area contributed by atoms with Gasteiger partial charge in [0.05, 0.1) is 6.04 Å². The lowest BCUT2D eigenvalue weighted by atomic mass is 9.88. The third-order valence-corrected chi connectivity index (χ3v) is 2.69. The average Bonchev–Trinajstić information content (AvgIpc) is 2.18. The molecule has 0 saturated carbocycles. The van der Waals surface area contributed by atoms with Crippen molar-refractivity contribution in [3.63, 3.8) is 0 Å². The normalized spacial score (nSPS) is 18.5. The number of urea groups is 1. The Morgan fingerprint density at radius 3 is 2.87 bits per heavy atom. The van der Waals surface area contributed by atoms with Crippen LogP contribution in [0.15, 0.2) is 24.3 Å². The van der Waals surface area contributed by atoms with Gasteiger partial charge in [-0.25, -0.2) is 4.79 Å². The average molecular weight is 227 g/mol. The Bertz CT molecular complexity index is 354. The molecule has 0 aliphatic heterocycles. The van der Waals surface area contributed by atoms with Gasteiger partial charge in [0.2, 0.25) is 0 Å². The van der Waals surface area contributed by atoms with Gasteiger partial charge in [-0.3, -0.25) is 0 Å². The molecule has 3 nitrogen and oxygen atoms in total. The van der Waals surface area contributed by atoms with Crippen molar-refractivity contribution >= 4 is 18.4 Å². The first-order valence-corrected chi connectivity index (χ1v) is 4.91. The number of carbonyl (C=O) groups excluding carboxylic acids is 1. The van der Waals surface area contributed by atoms with E-state index in [-0.39, 0.29) is 18.4 Å². The molecule has 0 radical (unpaired) electrons. The van der Waals surface area contributed by atoms with Crippen LogP contribution in [-0.4, -0.2) is 6.03 Å². The van der Waals surface area contributed by atoms with Crippen LogP contribution in [0.5, 0.6) is 0 Å². The van der Waals surface area contributed by atoms with Gasteiger partial charge >= 0.3 is 6.03 Å². The summed E-state index contributed by atoms with van der Waals surface area (Å²) in [4.78, 5) is 10.8. The molecule has 1 aromatic carbocycles. The van der Waals surface area contributed by atoms with E-state index in [1.54, 1.807) is 0 Å². The molecule has 1 atom stereocenters. The van der Waals surface area contributed by atoms with Crippen molar-refractivity contribution in [3.8, 4) is 0 Å². The second kappa shape index (κ2) is 5.03. The van der Waals surface area contributed by atoms with Crippen molar-refractivity contribution in [1.29, 1.82) is 0 Å². The molecular formula is C11H15ClN2O. The van der Waals surface area contributed by atoms with E-state index < -0.39 is 6.03 Å². The number of rotatable bonds is 1. The second-order valence-corrected chi connectivity index (χ2v) is 3.65. The summed E-state index contributed by atoms with van der Waals surface area (Å²) in [6.45, 7) is 0. The molecule has 1 aliphatic rings. The summed E-state index contributed by atoms with van der Waals surface area (Å²) in [5.41, 5.74) is 7.68. The Morgan fingerprint density at radius 1 is 1.40 bits per heavy atom. The van der Waals surface area contributed by atoms with E-state index in [4.69, 9.17) is 5.73 Å². The number of nitrogens with two attached hydrogens (primary N) is 1. The number of amides is 2. The minimum atomic E-state index is -0.438. The summed E-state index contributed by atoms with van der Waals surface area (Å²) >= 11 is 0. The predicted octanol–water partition coefficient (Wildman–Crippen LogP) is 2.15. The van der Waals surface area contributed by atoms with Crippen LogP contribution in [-0.2, 0) is 6.42 Å². The third-order valence-electron chi connectivity index (χ3n) is 2.69. The van der Waals surface area contributed by atoms with Crippen LogP contribution in [0, 0.1) is 0 Å². The number of hydrogen-bond donors (Lipinski definition) is 2. The molecule has 15 heavy (non-hydrogen) atoms. The lowest BCUT2D eigenvalue weighted by Gasteiger charge is -2.25. The summed E-state index contributed by atoms with van der Waals surface area (Å²) in [6, 6.07) is 7.88. The summed E-state index contributed by atoms with van der Waals surface area (Å²) < 4.78 is 0. The SMILES string of the molecule is Cl.NC(=O)NC1CCCc2ccccc21. The Labute approximate surface area is 95.5 Å². The number of carbonyl (C=O) groups is 1. The molecule has 1 aliphatic carbocycles. The monoisotopic (exact) mass is 226 g/mol. The maximum absolute atomic E-state index is 10.8. The number of primary amides is 1. The highest BCUT2D eigenvalue weighted by molar-refractivity contribution is 5.85. The van der Waals surface area contributed by atoms with Crippen molar-refractivity contribution in [2.75, 3.05) is 0 Å². The molecule has 82 valence electrons. The number of aryl methyl sites for hydroxylation is 1. The van der Waals surface area contributed by atoms with Crippen molar-refractivity contribution in [2.45, 2.75) is 25.3 Å². The quantitative estimate of drug-likeness (QED) is 0.758. The molecule has 2 amide bonds. The topological polar surface area (TPSA) is 55.1 Å². The lowest BCUT2D eigenvalue weighted by Crippen LogP contribution is -2.34. The number of nitrogens with one attached hydrogen (secondary N) is 1. The number of hydrogen-bond acceptors (Lipinski definition) is 1. The standard InChI is InChI=1S/C11H14N2O.ClH/c12-11(14)13-10-7-3-5-8-4-1-2-6-9(8)10;/h1-2,4,6,10H,3,5,7H2,(H3,12,13,14);1H. The summed E-state index contributed by atoms with van der Waals surface area (Å²) in [7, 11) is 0. The summed E-state index contributed by atoms with van der Waals surface area (Å²) in [5, 5.41) is 2.78. The van der Waals surface area contributed by atoms with E-state index in [0.717, 1.165) is 19.3 Å². The van der Waals surface area contributed by atoms with Gasteiger partial charge in [-0.2, -0.15) is 0 Å². The zero-order valence-electron chi connectivity index (χ0n) is 8.40. The molecule has 1 unspecified atom stereocenters. The van der Waals surface area contributed by atoms with Crippen molar-refractivity contribution < 1.29 is 4.79 Å². The maximum Gasteiger partial charge on any atom is 0.312 e. The molecule has 0 saturated heterocycles. The van der Waals surface area contributed by atoms with E-state index in [1.165, 1.54) is 11.1 Å². The van der Waals surface area contributed by atoms with Gasteiger partial charge in [-0.1, -0.05) is 24.3 Å². The van der Waals surface area contributed by atoms with Crippen LogP contribution in [0.2, 0.25) is 0 Å². The van der Waals surface area contributed by atoms with Crippen LogP contribution < -0.4 is 11.1 Å². The highest BCUT2D eigenvalue weighted by Gasteiger charge is 2.19. The first kappa shape index (κ1) is 11.9. The molecule has 4 heteroatoms. The zero-order valence-corrected chi connectivity index (χ0v) is 9.22. The fourth-order valence-electron chi connectivity index (χ4n) is 2.08. The number of benzene rings is 1. The summed E-state index contributed by atoms with van der Waals surface area (Å²) in [6.07, 6.45) is 3.20. The van der Waals surface area contributed by atoms with Crippen LogP contribution in [0.4, 0.5) is 4.79 Å². The van der Waals surface area contributed by atoms with E-state index in [0.29, 0.717) is 0 Å². The second-order valence-electron chi connectivity index (χ2n) is 3.65. The van der Waals surface area contributed by atoms with Crippen LogP contribution in [0.25, 0.3) is 0 Å². The molecule has 0 heterocycles. The van der Waals surface area contributed by atoms with Gasteiger partial charge in [-0.05, 0) is 30.4 Å². The minimum absolute atomic E-state index is 0. The molecule has 2 rings (SSSR count). The highest BCUT2D eigenvalue weighted by Crippen LogP contribution is 2.28. The maximum atomic E-state index is 10.8. The first-order valence-electron chi connectivity index (χ1n) is 4.91. The Balaban J connectivity index is 0.00000112. The third kappa shape index (κ3) is 2.63. The summed E-state index contributed by atoms with van der Waals surface area (Å²) in [5.74, 6) is 0. The predicted molar refractivity (Wildman–Crippen MR) is 62.1 cm³/mol. The number of fused-ring (bicyclic) bond motifs is 1. The fraction of sp³-hybridized carbons (Fsp3) is 0.364. The molecule has 0 aromatic heterocycles. The van der Waals surface area contributed by atoms with E-state index in [9.17, 15) is 4.79 Å². The highest BCUT2D eigenvalue weighted by atomic mass is 35.5. The van der Waals surface area contributed by atoms with Gasteiger partial charge in [0.25, 0.3) is 0 Å². The Morgan fingerprint density at radius 2 is 2.13 bits per heavy atom. The van der Waals surface area contributed by atoms with Gasteiger partial charge in [0.15, 0.2) is 0 Å². The smallest absolute Gasteiger partial charge is 0.312 e. The van der Waals surface area contributed by atoms with E-state index in [1.807, 2.05) is 12.1 Å². The van der Waals surface area contributed by atoms with Crippen molar-refractivity contribution in [1.82, 2.24) is 5.32 Å². The van der Waals surface area contributed by atoms with Crippen LogP contribution >= 0.6 is 12.4 Å². The fourth-order valence-corrected chi connectivity index (χ4v) is 2.08. The van der Waals surface area contributed by atoms with E-state index in [2.05, 4.69) is 17.4 Å². The van der Waals surface area contributed by atoms with E-state index >= 15 is 0 Å². The van der Waals surface area contributed by atoms with Crippen LogP contribution in [0.1, 0.15) is 30.0 Å². The minimum Gasteiger partial charge on any atom is -0.352 e. The Hall–Kier alpha value is -1.22. The lowest BCUT2D eigenvalue weighted by molar-refractivity contribution is 0.244. The Kier molecular flexibility index (Phi) is 3.97. The first-order chi connectivity index (χ1) is 6.77. The van der Waals surface area contributed by atoms with Gasteiger partial charge < -0.3 is 11.1 Å². The van der Waals surface area contributed by atoms with Crippen molar-refractivity contribution in [3.05, 3.63) is 35.4 Å².